The van der Waals surface area contributed by atoms with Crippen molar-refractivity contribution in [3.05, 3.63) is 127 Å². The first kappa shape index (κ1) is 22.3. The van der Waals surface area contributed by atoms with E-state index in [1.54, 1.807) is 11.3 Å². The van der Waals surface area contributed by atoms with Crippen LogP contribution in [0, 0.1) is 0 Å². The van der Waals surface area contributed by atoms with Crippen molar-refractivity contribution in [3.8, 4) is 11.7 Å². The minimum atomic E-state index is 0.584. The van der Waals surface area contributed by atoms with Crippen molar-refractivity contribution in [2.24, 2.45) is 0 Å². The summed E-state index contributed by atoms with van der Waals surface area (Å²) in [4.78, 5) is 5.21. The zero-order valence-corrected chi connectivity index (χ0v) is 23.1. The second-order valence-corrected chi connectivity index (χ2v) is 11.9. The van der Waals surface area contributed by atoms with Crippen LogP contribution in [-0.4, -0.2) is 14.1 Å². The van der Waals surface area contributed by atoms with Gasteiger partial charge in [0, 0.05) is 47.4 Å². The van der Waals surface area contributed by atoms with Crippen LogP contribution in [0.3, 0.4) is 0 Å². The molecule has 10 rings (SSSR count). The highest BCUT2D eigenvalue weighted by atomic mass is 32.1. The second kappa shape index (κ2) is 8.09. The Bertz CT molecular complexity index is 2690. The molecule has 6 aromatic carbocycles. The smallest absolute Gasteiger partial charge is 0.307 e. The van der Waals surface area contributed by atoms with E-state index in [-0.39, 0.29) is 0 Å². The molecular formula is C37H21N3OS. The maximum atomic E-state index is 6.59. The average molecular weight is 556 g/mol. The fourth-order valence-corrected chi connectivity index (χ4v) is 7.89. The van der Waals surface area contributed by atoms with E-state index < -0.39 is 0 Å². The Kier molecular flexibility index (Phi) is 4.30. The lowest BCUT2D eigenvalue weighted by Crippen LogP contribution is -1.95. The van der Waals surface area contributed by atoms with Crippen LogP contribution in [0.4, 0.5) is 0 Å². The molecule has 0 amide bonds. The number of benzene rings is 6. The highest BCUT2D eigenvalue weighted by Gasteiger charge is 2.21. The molecule has 0 atom stereocenters. The van der Waals surface area contributed by atoms with Crippen molar-refractivity contribution in [2.45, 2.75) is 0 Å². The predicted molar refractivity (Wildman–Crippen MR) is 176 cm³/mol. The van der Waals surface area contributed by atoms with Crippen LogP contribution in [-0.2, 0) is 0 Å². The molecule has 0 saturated heterocycles. The van der Waals surface area contributed by atoms with Crippen LogP contribution in [0.2, 0.25) is 0 Å². The van der Waals surface area contributed by atoms with Gasteiger partial charge in [-0.05, 0) is 54.6 Å². The number of para-hydroxylation sites is 3. The first-order valence-corrected chi connectivity index (χ1v) is 14.9. The summed E-state index contributed by atoms with van der Waals surface area (Å²) in [5.74, 6) is 0. The first-order valence-electron chi connectivity index (χ1n) is 14.1. The minimum absolute atomic E-state index is 0.584. The van der Waals surface area contributed by atoms with Crippen LogP contribution < -0.4 is 0 Å². The largest absolute Gasteiger partial charge is 0.423 e. The first-order chi connectivity index (χ1) is 20.8. The van der Waals surface area contributed by atoms with E-state index in [1.807, 2.05) is 0 Å². The van der Waals surface area contributed by atoms with Gasteiger partial charge in [0.2, 0.25) is 0 Å². The van der Waals surface area contributed by atoms with E-state index in [1.165, 1.54) is 41.8 Å². The number of aromatic nitrogens is 3. The maximum absolute atomic E-state index is 6.59. The van der Waals surface area contributed by atoms with Crippen LogP contribution in [0.1, 0.15) is 0 Å². The van der Waals surface area contributed by atoms with Crippen molar-refractivity contribution in [1.29, 1.82) is 0 Å². The lowest BCUT2D eigenvalue weighted by molar-refractivity contribution is 0.574. The second-order valence-electron chi connectivity index (χ2n) is 10.8. The Morgan fingerprint density at radius 1 is 0.500 bits per heavy atom. The Labute approximate surface area is 243 Å². The zero-order chi connectivity index (χ0) is 27.4. The van der Waals surface area contributed by atoms with Crippen LogP contribution in [0.5, 0.6) is 0 Å². The normalized spacial score (nSPS) is 12.3. The summed E-state index contributed by atoms with van der Waals surface area (Å²) < 4.78 is 13.6. The summed E-state index contributed by atoms with van der Waals surface area (Å²) in [5, 5.41) is 7.22. The van der Waals surface area contributed by atoms with Gasteiger partial charge in [0.1, 0.15) is 5.52 Å². The fourth-order valence-electron chi connectivity index (χ4n) is 6.78. The van der Waals surface area contributed by atoms with E-state index in [9.17, 15) is 0 Å². The minimum Gasteiger partial charge on any atom is -0.423 e. The predicted octanol–water partition coefficient (Wildman–Crippen LogP) is 10.4. The molecular weight excluding hydrogens is 534 g/mol. The van der Waals surface area contributed by atoms with Gasteiger partial charge in [-0.2, -0.15) is 4.98 Å². The third-order valence-corrected chi connectivity index (χ3v) is 9.70. The number of hydrogen-bond acceptors (Lipinski definition) is 3. The molecule has 4 aromatic heterocycles. The summed E-state index contributed by atoms with van der Waals surface area (Å²) in [6.45, 7) is 0. The van der Waals surface area contributed by atoms with Crippen molar-refractivity contribution in [2.75, 3.05) is 0 Å². The average Bonchev–Trinajstić information content (AvgIpc) is 3.79. The topological polar surface area (TPSA) is 35.9 Å². The molecule has 10 aromatic rings. The van der Waals surface area contributed by atoms with Crippen LogP contribution >= 0.6 is 11.3 Å². The van der Waals surface area contributed by atoms with Gasteiger partial charge < -0.3 is 8.98 Å². The van der Waals surface area contributed by atoms with E-state index in [2.05, 4.69) is 137 Å². The molecule has 0 N–H and O–H groups in total. The zero-order valence-electron chi connectivity index (χ0n) is 22.3. The highest BCUT2D eigenvalue weighted by molar-refractivity contribution is 7.26. The number of thiophene rings is 1. The molecule has 0 unspecified atom stereocenters. The van der Waals surface area contributed by atoms with E-state index in [0.29, 0.717) is 6.01 Å². The van der Waals surface area contributed by atoms with Crippen molar-refractivity contribution < 1.29 is 4.42 Å². The number of fused-ring (bicyclic) bond motifs is 11. The van der Waals surface area contributed by atoms with Crippen LogP contribution in [0.25, 0.3) is 86.6 Å². The number of hydrogen-bond donors (Lipinski definition) is 0. The van der Waals surface area contributed by atoms with E-state index >= 15 is 0 Å². The summed E-state index contributed by atoms with van der Waals surface area (Å²) in [6, 6.07) is 45.8. The molecule has 0 bridgehead atoms. The molecule has 0 radical (unpaired) electrons. The van der Waals surface area contributed by atoms with Crippen molar-refractivity contribution >= 4 is 86.2 Å². The highest BCUT2D eigenvalue weighted by Crippen LogP contribution is 2.42. The van der Waals surface area contributed by atoms with Crippen LogP contribution in [0.15, 0.2) is 132 Å². The van der Waals surface area contributed by atoms with Gasteiger partial charge in [-0.3, -0.25) is 4.57 Å². The fraction of sp³-hybridized carbons (Fsp3) is 0. The number of rotatable bonds is 2. The van der Waals surface area contributed by atoms with Gasteiger partial charge in [-0.25, -0.2) is 0 Å². The number of nitrogens with zero attached hydrogens (tertiary/aromatic N) is 3. The number of oxazole rings is 1. The molecule has 0 saturated carbocycles. The van der Waals surface area contributed by atoms with Gasteiger partial charge in [-0.1, -0.05) is 72.8 Å². The molecule has 0 spiro atoms. The molecule has 0 fully saturated rings. The van der Waals surface area contributed by atoms with Gasteiger partial charge in [-0.15, -0.1) is 11.3 Å². The standard InChI is InChI=1S/C37H21N3OS/c1-2-10-22(11-3-1)39-28-15-7-4-12-23(28)26-20-27-24-13-5-8-16-29(24)40(31(27)21-30(26)39)37-38-36-32(41-37)18-19-34-35(36)25-14-6-9-17-33(25)42-34/h1-21H. The summed E-state index contributed by atoms with van der Waals surface area (Å²) >= 11 is 1.80. The molecule has 0 aliphatic carbocycles. The van der Waals surface area contributed by atoms with E-state index in [4.69, 9.17) is 9.40 Å². The van der Waals surface area contributed by atoms with Gasteiger partial charge in [0.25, 0.3) is 0 Å². The maximum Gasteiger partial charge on any atom is 0.307 e. The van der Waals surface area contributed by atoms with Crippen molar-refractivity contribution in [1.82, 2.24) is 14.1 Å². The summed E-state index contributed by atoms with van der Waals surface area (Å²) in [5.41, 5.74) is 7.34. The molecule has 5 heteroatoms. The third-order valence-electron chi connectivity index (χ3n) is 8.56. The SMILES string of the molecule is c1ccc(-n2c3ccccc3c3cc4c5ccccc5n(-c5nc6c(ccc7sc8ccccc8c76)o5)c4cc32)cc1. The molecule has 196 valence electrons. The van der Waals surface area contributed by atoms with Gasteiger partial charge >= 0.3 is 6.01 Å². The van der Waals surface area contributed by atoms with E-state index in [0.717, 1.165) is 38.7 Å². The lowest BCUT2D eigenvalue weighted by Gasteiger charge is -2.08. The van der Waals surface area contributed by atoms with Gasteiger partial charge in [0.15, 0.2) is 5.58 Å². The Morgan fingerprint density at radius 3 is 1.93 bits per heavy atom. The Morgan fingerprint density at radius 2 is 1.14 bits per heavy atom. The molecule has 0 aliphatic heterocycles. The Balaban J connectivity index is 1.35. The van der Waals surface area contributed by atoms with Crippen molar-refractivity contribution in [3.63, 3.8) is 0 Å². The lowest BCUT2D eigenvalue weighted by atomic mass is 10.1. The molecule has 42 heavy (non-hydrogen) atoms. The molecule has 4 heterocycles. The Hall–Kier alpha value is -5.39. The third kappa shape index (κ3) is 2.88. The summed E-state index contributed by atoms with van der Waals surface area (Å²) in [7, 11) is 0. The summed E-state index contributed by atoms with van der Waals surface area (Å²) in [6.07, 6.45) is 0. The quantitative estimate of drug-likeness (QED) is 0.213. The van der Waals surface area contributed by atoms with Gasteiger partial charge in [0.05, 0.1) is 22.1 Å². The monoisotopic (exact) mass is 555 g/mol. The molecule has 4 nitrogen and oxygen atoms in total. The molecule has 0 aliphatic rings.